The second-order valence-corrected chi connectivity index (χ2v) is 6.53. The van der Waals surface area contributed by atoms with E-state index >= 15 is 0 Å². The van der Waals surface area contributed by atoms with Gasteiger partial charge in [0.25, 0.3) is 0 Å². The first-order valence-electron chi connectivity index (χ1n) is 6.85. The van der Waals surface area contributed by atoms with Crippen molar-refractivity contribution >= 4 is 45.7 Å². The number of aromatic nitrogens is 2. The van der Waals surface area contributed by atoms with E-state index in [4.69, 9.17) is 23.2 Å². The summed E-state index contributed by atoms with van der Waals surface area (Å²) in [7, 11) is 0. The summed E-state index contributed by atoms with van der Waals surface area (Å²) in [6, 6.07) is 3.46. The molecule has 1 aliphatic rings. The predicted molar refractivity (Wildman–Crippen MR) is 84.7 cm³/mol. The molecule has 2 heterocycles. The number of nitrogens with one attached hydrogen (secondary N) is 1. The number of nitrogens with zero attached hydrogens (tertiary/aromatic N) is 2. The number of hydrogen-bond donors (Lipinski definition) is 1. The first kappa shape index (κ1) is 14.5. The molecule has 0 aromatic carbocycles. The molecular formula is C15H15Cl2N3O. The third kappa shape index (κ3) is 2.70. The van der Waals surface area contributed by atoms with Gasteiger partial charge in [-0.1, -0.05) is 37.0 Å². The minimum absolute atomic E-state index is 0.0254. The molecule has 2 aromatic rings. The van der Waals surface area contributed by atoms with Crippen molar-refractivity contribution < 1.29 is 4.79 Å². The highest BCUT2D eigenvalue weighted by Gasteiger charge is 2.52. The molecule has 110 valence electrons. The lowest BCUT2D eigenvalue weighted by Crippen LogP contribution is -2.18. The fourth-order valence-corrected chi connectivity index (χ4v) is 3.06. The van der Waals surface area contributed by atoms with E-state index in [2.05, 4.69) is 29.1 Å². The van der Waals surface area contributed by atoms with E-state index in [0.717, 1.165) is 18.2 Å². The van der Waals surface area contributed by atoms with Crippen molar-refractivity contribution in [2.24, 2.45) is 11.3 Å². The fraction of sp³-hybridized carbons (Fsp3) is 0.400. The molecule has 1 N–H and O–H groups in total. The van der Waals surface area contributed by atoms with Crippen LogP contribution in [0.5, 0.6) is 0 Å². The molecule has 1 aliphatic carbocycles. The van der Waals surface area contributed by atoms with Gasteiger partial charge in [0.1, 0.15) is 16.1 Å². The normalized spacial score (nSPS) is 24.1. The van der Waals surface area contributed by atoms with Gasteiger partial charge in [-0.05, 0) is 35.8 Å². The molecule has 2 unspecified atom stereocenters. The van der Waals surface area contributed by atoms with Crippen molar-refractivity contribution in [1.29, 1.82) is 0 Å². The van der Waals surface area contributed by atoms with Gasteiger partial charge in [0.15, 0.2) is 0 Å². The highest BCUT2D eigenvalue weighted by molar-refractivity contribution is 6.36. The maximum atomic E-state index is 12.2. The number of pyridine rings is 2. The van der Waals surface area contributed by atoms with Crippen LogP contribution in [0.2, 0.25) is 10.3 Å². The van der Waals surface area contributed by atoms with Gasteiger partial charge in [-0.25, -0.2) is 9.97 Å². The van der Waals surface area contributed by atoms with Crippen LogP contribution in [0.25, 0.3) is 10.8 Å². The number of carbonyl (C=O) groups is 1. The lowest BCUT2D eigenvalue weighted by molar-refractivity contribution is -0.118. The zero-order chi connectivity index (χ0) is 15.2. The maximum Gasteiger partial charge on any atom is 0.229 e. The van der Waals surface area contributed by atoms with E-state index in [1.54, 1.807) is 18.3 Å². The summed E-state index contributed by atoms with van der Waals surface area (Å²) in [5, 5.41) is 5.01. The maximum absolute atomic E-state index is 12.2. The van der Waals surface area contributed by atoms with Crippen LogP contribution in [0.4, 0.5) is 5.82 Å². The average molecular weight is 324 g/mol. The molecule has 1 fully saturated rings. The number of halogens is 2. The molecule has 0 radical (unpaired) electrons. The summed E-state index contributed by atoms with van der Waals surface area (Å²) in [6.07, 6.45) is 3.54. The molecule has 2 atom stereocenters. The number of fused-ring (bicyclic) bond motifs is 1. The monoisotopic (exact) mass is 323 g/mol. The Morgan fingerprint density at radius 1 is 1.48 bits per heavy atom. The smallest absolute Gasteiger partial charge is 0.229 e. The molecular weight excluding hydrogens is 309 g/mol. The largest absolute Gasteiger partial charge is 0.310 e. The van der Waals surface area contributed by atoms with Crippen molar-refractivity contribution in [2.45, 2.75) is 26.7 Å². The first-order valence-corrected chi connectivity index (χ1v) is 7.61. The number of amides is 1. The van der Waals surface area contributed by atoms with Crippen LogP contribution in [-0.4, -0.2) is 15.9 Å². The Morgan fingerprint density at radius 2 is 2.24 bits per heavy atom. The quantitative estimate of drug-likeness (QED) is 0.856. The van der Waals surface area contributed by atoms with Gasteiger partial charge >= 0.3 is 0 Å². The standard InChI is InChI=1S/C15H15Cl2N3O/c1-3-15(2)6-10(15)14(21)20-12-5-8-4-11(16)19-13(17)9(8)7-18-12/h4-5,7,10H,3,6H2,1-2H3,(H,18,20,21). The Bertz CT molecular complexity index is 734. The van der Waals surface area contributed by atoms with Crippen LogP contribution in [0, 0.1) is 11.3 Å². The van der Waals surface area contributed by atoms with Crippen molar-refractivity contribution in [3.8, 4) is 0 Å². The first-order chi connectivity index (χ1) is 9.93. The molecule has 6 heteroatoms. The highest BCUT2D eigenvalue weighted by Crippen LogP contribution is 2.55. The molecule has 1 saturated carbocycles. The van der Waals surface area contributed by atoms with Crippen LogP contribution < -0.4 is 5.32 Å². The van der Waals surface area contributed by atoms with E-state index in [1.807, 2.05) is 0 Å². The van der Waals surface area contributed by atoms with Gasteiger partial charge in [0, 0.05) is 17.5 Å². The third-order valence-electron chi connectivity index (χ3n) is 4.36. The van der Waals surface area contributed by atoms with Crippen molar-refractivity contribution in [1.82, 2.24) is 9.97 Å². The Kier molecular flexibility index (Phi) is 3.54. The summed E-state index contributed by atoms with van der Waals surface area (Å²) in [4.78, 5) is 20.4. The van der Waals surface area contributed by atoms with Crippen molar-refractivity contribution in [3.05, 3.63) is 28.6 Å². The lowest BCUT2D eigenvalue weighted by atomic mass is 10.0. The lowest BCUT2D eigenvalue weighted by Gasteiger charge is -2.09. The van der Waals surface area contributed by atoms with Gasteiger partial charge in [-0.3, -0.25) is 4.79 Å². The number of rotatable bonds is 3. The van der Waals surface area contributed by atoms with Gasteiger partial charge in [-0.2, -0.15) is 0 Å². The molecule has 3 rings (SSSR count). The zero-order valence-corrected chi connectivity index (χ0v) is 13.3. The Hall–Kier alpha value is -1.39. The minimum Gasteiger partial charge on any atom is -0.310 e. The van der Waals surface area contributed by atoms with Gasteiger partial charge < -0.3 is 5.32 Å². The van der Waals surface area contributed by atoms with Gasteiger partial charge in [-0.15, -0.1) is 0 Å². The van der Waals surface area contributed by atoms with E-state index in [9.17, 15) is 4.79 Å². The summed E-state index contributed by atoms with van der Waals surface area (Å²) in [5.41, 5.74) is 0.136. The number of hydrogen-bond acceptors (Lipinski definition) is 3. The number of carbonyl (C=O) groups excluding carboxylic acids is 1. The van der Waals surface area contributed by atoms with Crippen LogP contribution >= 0.6 is 23.2 Å². The summed E-state index contributed by atoms with van der Waals surface area (Å²) >= 11 is 11.9. The van der Waals surface area contributed by atoms with Crippen LogP contribution in [0.3, 0.4) is 0 Å². The third-order valence-corrected chi connectivity index (χ3v) is 4.85. The highest BCUT2D eigenvalue weighted by atomic mass is 35.5. The predicted octanol–water partition coefficient (Wildman–Crippen LogP) is 4.31. The van der Waals surface area contributed by atoms with Crippen LogP contribution in [-0.2, 0) is 4.79 Å². The van der Waals surface area contributed by atoms with Crippen molar-refractivity contribution in [3.63, 3.8) is 0 Å². The minimum atomic E-state index is 0.0254. The molecule has 0 saturated heterocycles. The summed E-state index contributed by atoms with van der Waals surface area (Å²) in [6.45, 7) is 4.24. The molecule has 0 spiro atoms. The van der Waals surface area contributed by atoms with E-state index in [0.29, 0.717) is 21.5 Å². The number of anilines is 1. The fourth-order valence-electron chi connectivity index (χ4n) is 2.57. The SMILES string of the molecule is CCC1(C)CC1C(=O)Nc1cc2cc(Cl)nc(Cl)c2cn1. The summed E-state index contributed by atoms with van der Waals surface area (Å²) < 4.78 is 0. The molecule has 21 heavy (non-hydrogen) atoms. The molecule has 4 nitrogen and oxygen atoms in total. The van der Waals surface area contributed by atoms with Gasteiger partial charge in [0.2, 0.25) is 5.91 Å². The Morgan fingerprint density at radius 3 is 2.90 bits per heavy atom. The van der Waals surface area contributed by atoms with E-state index in [-0.39, 0.29) is 17.2 Å². The Labute approximate surface area is 132 Å². The zero-order valence-electron chi connectivity index (χ0n) is 11.8. The molecule has 0 aliphatic heterocycles. The second-order valence-electron chi connectivity index (χ2n) is 5.78. The van der Waals surface area contributed by atoms with Crippen LogP contribution in [0.15, 0.2) is 18.3 Å². The molecule has 2 aromatic heterocycles. The molecule has 0 bridgehead atoms. The summed E-state index contributed by atoms with van der Waals surface area (Å²) in [5.74, 6) is 0.609. The molecule has 1 amide bonds. The average Bonchev–Trinajstić information content (AvgIpc) is 3.11. The van der Waals surface area contributed by atoms with Gasteiger partial charge in [0.05, 0.1) is 0 Å². The topological polar surface area (TPSA) is 54.9 Å². The van der Waals surface area contributed by atoms with Crippen molar-refractivity contribution in [2.75, 3.05) is 5.32 Å². The second kappa shape index (κ2) is 5.11. The van der Waals surface area contributed by atoms with E-state index < -0.39 is 0 Å². The van der Waals surface area contributed by atoms with E-state index in [1.165, 1.54) is 0 Å². The Balaban J connectivity index is 1.84. The van der Waals surface area contributed by atoms with Crippen LogP contribution in [0.1, 0.15) is 26.7 Å².